The lowest BCUT2D eigenvalue weighted by molar-refractivity contribution is -0.131. The average molecular weight is 353 g/mol. The molecular formula is C21H27N3O2. The molecule has 1 unspecified atom stereocenters. The molecule has 0 spiro atoms. The molecule has 2 aromatic carbocycles. The molecule has 0 fully saturated rings. The summed E-state index contributed by atoms with van der Waals surface area (Å²) in [6.07, 6.45) is 0. The number of nitrogens with zero attached hydrogens (tertiary/aromatic N) is 3. The Labute approximate surface area is 155 Å². The number of hydrogen-bond donors (Lipinski definition) is 0. The van der Waals surface area contributed by atoms with Crippen molar-refractivity contribution in [3.63, 3.8) is 0 Å². The van der Waals surface area contributed by atoms with Crippen LogP contribution in [-0.2, 0) is 11.3 Å². The van der Waals surface area contributed by atoms with Gasteiger partial charge in [0.25, 0.3) is 0 Å². The zero-order chi connectivity index (χ0) is 19.1. The molecule has 0 aromatic heterocycles. The number of rotatable bonds is 8. The average Bonchev–Trinajstić information content (AvgIpc) is 2.66. The van der Waals surface area contributed by atoms with E-state index < -0.39 is 0 Å². The first-order valence-corrected chi connectivity index (χ1v) is 8.89. The maximum absolute atomic E-state index is 12.5. The van der Waals surface area contributed by atoms with Crippen molar-refractivity contribution in [1.82, 2.24) is 9.80 Å². The molecule has 2 rings (SSSR count). The van der Waals surface area contributed by atoms with E-state index in [9.17, 15) is 4.79 Å². The summed E-state index contributed by atoms with van der Waals surface area (Å²) in [4.78, 5) is 16.3. The maximum atomic E-state index is 12.5. The molecule has 0 radical (unpaired) electrons. The number of hydrogen-bond acceptors (Lipinski definition) is 4. The number of ether oxygens (including phenoxy) is 1. The topological polar surface area (TPSA) is 56.6 Å². The molecule has 0 aliphatic carbocycles. The normalized spacial score (nSPS) is 12.0. The predicted molar refractivity (Wildman–Crippen MR) is 104 cm³/mol. The van der Waals surface area contributed by atoms with Gasteiger partial charge in [-0.3, -0.25) is 9.69 Å². The van der Waals surface area contributed by atoms with Crippen molar-refractivity contribution >= 4 is 16.7 Å². The Morgan fingerprint density at radius 3 is 2.58 bits per heavy atom. The third kappa shape index (κ3) is 5.21. The predicted octanol–water partition coefficient (Wildman–Crippen LogP) is 3.29. The van der Waals surface area contributed by atoms with Gasteiger partial charge in [-0.2, -0.15) is 5.26 Å². The van der Waals surface area contributed by atoms with Crippen LogP contribution in [0.3, 0.4) is 0 Å². The third-order valence-corrected chi connectivity index (χ3v) is 4.52. The van der Waals surface area contributed by atoms with E-state index in [2.05, 4.69) is 18.2 Å². The van der Waals surface area contributed by atoms with Crippen LogP contribution in [0.2, 0.25) is 0 Å². The van der Waals surface area contributed by atoms with Crippen molar-refractivity contribution in [2.45, 2.75) is 20.4 Å². The van der Waals surface area contributed by atoms with Gasteiger partial charge in [0.05, 0.1) is 25.6 Å². The molecule has 1 amide bonds. The van der Waals surface area contributed by atoms with Gasteiger partial charge < -0.3 is 9.64 Å². The number of carbonyl (C=O) groups excluding carboxylic acids is 1. The highest BCUT2D eigenvalue weighted by atomic mass is 16.5. The third-order valence-electron chi connectivity index (χ3n) is 4.52. The van der Waals surface area contributed by atoms with Crippen molar-refractivity contribution in [1.29, 1.82) is 5.26 Å². The molecule has 0 N–H and O–H groups in total. The van der Waals surface area contributed by atoms with Crippen LogP contribution < -0.4 is 4.74 Å². The highest BCUT2D eigenvalue weighted by molar-refractivity contribution is 5.84. The van der Waals surface area contributed by atoms with Crippen LogP contribution in [0.15, 0.2) is 36.4 Å². The monoisotopic (exact) mass is 353 g/mol. The number of carbonyl (C=O) groups is 1. The zero-order valence-corrected chi connectivity index (χ0v) is 16.0. The van der Waals surface area contributed by atoms with E-state index in [-0.39, 0.29) is 11.8 Å². The molecule has 0 aliphatic heterocycles. The van der Waals surface area contributed by atoms with Crippen LogP contribution in [0.5, 0.6) is 5.75 Å². The van der Waals surface area contributed by atoms with Crippen LogP contribution in [-0.4, -0.2) is 49.5 Å². The van der Waals surface area contributed by atoms with Crippen LogP contribution in [0.4, 0.5) is 0 Å². The van der Waals surface area contributed by atoms with Crippen molar-refractivity contribution in [3.8, 4) is 11.8 Å². The second-order valence-electron chi connectivity index (χ2n) is 6.66. The number of methoxy groups -OCH3 is 1. The standard InChI is InChI=1S/C21H27N3O2/c1-5-24(13-16(2)12-22)15-21(25)23(3)14-17-6-7-19-11-20(26-4)9-8-18(19)10-17/h6-11,16H,5,13-15H2,1-4H3. The van der Waals surface area contributed by atoms with Crippen LogP contribution in [0.25, 0.3) is 10.8 Å². The molecule has 0 aliphatic rings. The Bertz CT molecular complexity index is 797. The lowest BCUT2D eigenvalue weighted by Crippen LogP contribution is -2.39. The van der Waals surface area contributed by atoms with Crippen LogP contribution >= 0.6 is 0 Å². The summed E-state index contributed by atoms with van der Waals surface area (Å²) in [5.41, 5.74) is 1.09. The second-order valence-corrected chi connectivity index (χ2v) is 6.66. The minimum Gasteiger partial charge on any atom is -0.497 e. The van der Waals surface area contributed by atoms with E-state index in [0.717, 1.165) is 28.6 Å². The number of fused-ring (bicyclic) bond motifs is 1. The number of amides is 1. The highest BCUT2D eigenvalue weighted by Gasteiger charge is 2.16. The minimum atomic E-state index is -0.0782. The summed E-state index contributed by atoms with van der Waals surface area (Å²) in [5, 5.41) is 11.2. The molecule has 0 heterocycles. The number of nitriles is 1. The van der Waals surface area contributed by atoms with Gasteiger partial charge in [-0.05, 0) is 48.0 Å². The van der Waals surface area contributed by atoms with Crippen LogP contribution in [0.1, 0.15) is 19.4 Å². The van der Waals surface area contributed by atoms with Gasteiger partial charge in [0.2, 0.25) is 5.91 Å². The van der Waals surface area contributed by atoms with E-state index in [1.54, 1.807) is 12.0 Å². The Kier molecular flexibility index (Phi) is 6.99. The Morgan fingerprint density at radius 2 is 1.92 bits per heavy atom. The molecule has 5 nitrogen and oxygen atoms in total. The summed E-state index contributed by atoms with van der Waals surface area (Å²) in [6.45, 7) is 6.15. The molecular weight excluding hydrogens is 326 g/mol. The Hall–Kier alpha value is -2.58. The quantitative estimate of drug-likeness (QED) is 0.731. The number of likely N-dealkylation sites (N-methyl/N-ethyl adjacent to an activating group) is 2. The largest absolute Gasteiger partial charge is 0.497 e. The molecule has 1 atom stereocenters. The van der Waals surface area contributed by atoms with E-state index >= 15 is 0 Å². The molecule has 26 heavy (non-hydrogen) atoms. The van der Waals surface area contributed by atoms with E-state index in [4.69, 9.17) is 10.00 Å². The summed E-state index contributed by atoms with van der Waals surface area (Å²) in [6, 6.07) is 14.4. The first-order chi connectivity index (χ1) is 12.5. The molecule has 0 bridgehead atoms. The minimum absolute atomic E-state index is 0.0619. The molecule has 5 heteroatoms. The van der Waals surface area contributed by atoms with Gasteiger partial charge in [0, 0.05) is 20.1 Å². The van der Waals surface area contributed by atoms with Gasteiger partial charge in [-0.1, -0.05) is 25.1 Å². The summed E-state index contributed by atoms with van der Waals surface area (Å²) < 4.78 is 5.25. The fraction of sp³-hybridized carbons (Fsp3) is 0.429. The van der Waals surface area contributed by atoms with Crippen LogP contribution in [0, 0.1) is 17.2 Å². The number of benzene rings is 2. The lowest BCUT2D eigenvalue weighted by Gasteiger charge is -2.24. The van der Waals surface area contributed by atoms with E-state index in [1.807, 2.05) is 50.1 Å². The lowest BCUT2D eigenvalue weighted by atomic mass is 10.1. The van der Waals surface area contributed by atoms with Crippen molar-refractivity contribution in [2.24, 2.45) is 5.92 Å². The molecule has 0 saturated carbocycles. The molecule has 0 saturated heterocycles. The highest BCUT2D eigenvalue weighted by Crippen LogP contribution is 2.22. The van der Waals surface area contributed by atoms with Crippen molar-refractivity contribution < 1.29 is 9.53 Å². The first kappa shape index (κ1) is 19.7. The van der Waals surface area contributed by atoms with E-state index in [1.165, 1.54) is 0 Å². The SMILES string of the molecule is CCN(CC(=O)N(C)Cc1ccc2cc(OC)ccc2c1)CC(C)C#N. The fourth-order valence-corrected chi connectivity index (χ4v) is 2.91. The Morgan fingerprint density at radius 1 is 1.23 bits per heavy atom. The summed E-state index contributed by atoms with van der Waals surface area (Å²) in [5.74, 6) is 0.821. The van der Waals surface area contributed by atoms with Gasteiger partial charge in [-0.25, -0.2) is 0 Å². The van der Waals surface area contributed by atoms with Gasteiger partial charge in [-0.15, -0.1) is 0 Å². The maximum Gasteiger partial charge on any atom is 0.236 e. The molecule has 2 aromatic rings. The first-order valence-electron chi connectivity index (χ1n) is 8.89. The van der Waals surface area contributed by atoms with Crippen molar-refractivity contribution in [3.05, 3.63) is 42.0 Å². The molecule has 138 valence electrons. The summed E-state index contributed by atoms with van der Waals surface area (Å²) >= 11 is 0. The van der Waals surface area contributed by atoms with Gasteiger partial charge in [0.15, 0.2) is 0 Å². The van der Waals surface area contributed by atoms with Crippen molar-refractivity contribution in [2.75, 3.05) is 33.8 Å². The van der Waals surface area contributed by atoms with Gasteiger partial charge in [0.1, 0.15) is 5.75 Å². The van der Waals surface area contributed by atoms with Gasteiger partial charge >= 0.3 is 0 Å². The fourth-order valence-electron chi connectivity index (χ4n) is 2.91. The smallest absolute Gasteiger partial charge is 0.236 e. The summed E-state index contributed by atoms with van der Waals surface area (Å²) in [7, 11) is 3.48. The Balaban J connectivity index is 2.01. The van der Waals surface area contributed by atoms with E-state index in [0.29, 0.717) is 19.6 Å². The second kappa shape index (κ2) is 9.21. The zero-order valence-electron chi connectivity index (χ0n) is 16.0.